The largest absolute Gasteiger partial charge is 0.493 e. The molecule has 5 nitrogen and oxygen atoms in total. The molecule has 22 heavy (non-hydrogen) atoms. The van der Waals surface area contributed by atoms with Crippen LogP contribution in [0.2, 0.25) is 0 Å². The summed E-state index contributed by atoms with van der Waals surface area (Å²) in [5.41, 5.74) is 2.11. The molecule has 1 aromatic heterocycles. The monoisotopic (exact) mass is 300 g/mol. The summed E-state index contributed by atoms with van der Waals surface area (Å²) in [5.74, 6) is 1.48. The average molecular weight is 300 g/mol. The number of hydrogen-bond donors (Lipinski definition) is 1. The highest BCUT2D eigenvalue weighted by molar-refractivity contribution is 5.55. The third-order valence-electron chi connectivity index (χ3n) is 3.56. The van der Waals surface area contributed by atoms with Crippen LogP contribution in [-0.2, 0) is 11.3 Å². The van der Waals surface area contributed by atoms with Gasteiger partial charge in [-0.2, -0.15) is 0 Å². The van der Waals surface area contributed by atoms with Crippen LogP contribution >= 0.6 is 0 Å². The molecule has 2 heterocycles. The minimum Gasteiger partial charge on any atom is -0.493 e. The molecule has 1 aliphatic rings. The summed E-state index contributed by atoms with van der Waals surface area (Å²) in [5, 5.41) is 3.37. The Hall–Kier alpha value is -2.27. The van der Waals surface area contributed by atoms with Crippen molar-refractivity contribution in [3.8, 4) is 11.5 Å². The van der Waals surface area contributed by atoms with Crippen molar-refractivity contribution < 1.29 is 14.2 Å². The Labute approximate surface area is 130 Å². The first-order valence-corrected chi connectivity index (χ1v) is 7.40. The molecule has 1 saturated heterocycles. The molecule has 0 amide bonds. The van der Waals surface area contributed by atoms with E-state index >= 15 is 0 Å². The standard InChI is InChI=1S/C17H20N2O3/c1-20-16-5-4-14(19-11-13-3-2-7-18-10-13)9-17(16)22-15-6-8-21-12-15/h2-5,7,9-10,15,19H,6,8,11-12H2,1H3/t15-/m1/s1. The van der Waals surface area contributed by atoms with Crippen LogP contribution in [0.25, 0.3) is 0 Å². The zero-order valence-corrected chi connectivity index (χ0v) is 12.6. The molecular formula is C17H20N2O3. The second-order valence-corrected chi connectivity index (χ2v) is 5.18. The van der Waals surface area contributed by atoms with Gasteiger partial charge in [0.1, 0.15) is 6.10 Å². The van der Waals surface area contributed by atoms with Crippen LogP contribution in [0.1, 0.15) is 12.0 Å². The van der Waals surface area contributed by atoms with Gasteiger partial charge in [-0.1, -0.05) is 6.07 Å². The molecule has 1 fully saturated rings. The molecule has 0 spiro atoms. The van der Waals surface area contributed by atoms with Crippen molar-refractivity contribution in [2.45, 2.75) is 19.1 Å². The molecule has 0 radical (unpaired) electrons. The zero-order valence-electron chi connectivity index (χ0n) is 12.6. The fourth-order valence-corrected chi connectivity index (χ4v) is 2.37. The van der Waals surface area contributed by atoms with Crippen LogP contribution in [0.4, 0.5) is 5.69 Å². The highest BCUT2D eigenvalue weighted by atomic mass is 16.6. The highest BCUT2D eigenvalue weighted by Gasteiger charge is 2.19. The van der Waals surface area contributed by atoms with Crippen molar-refractivity contribution >= 4 is 5.69 Å². The molecule has 2 aromatic rings. The Bertz CT molecular complexity index is 598. The van der Waals surface area contributed by atoms with Crippen LogP contribution in [0, 0.1) is 0 Å². The molecule has 3 rings (SSSR count). The number of rotatable bonds is 6. The van der Waals surface area contributed by atoms with Gasteiger partial charge < -0.3 is 19.5 Å². The first kappa shape index (κ1) is 14.7. The molecular weight excluding hydrogens is 280 g/mol. The molecule has 1 aromatic carbocycles. The van der Waals surface area contributed by atoms with Gasteiger partial charge in [0.25, 0.3) is 0 Å². The van der Waals surface area contributed by atoms with Gasteiger partial charge in [-0.15, -0.1) is 0 Å². The van der Waals surface area contributed by atoms with Gasteiger partial charge >= 0.3 is 0 Å². The molecule has 0 aliphatic carbocycles. The van der Waals surface area contributed by atoms with Crippen molar-refractivity contribution in [1.82, 2.24) is 4.98 Å². The molecule has 116 valence electrons. The lowest BCUT2D eigenvalue weighted by atomic mass is 10.2. The van der Waals surface area contributed by atoms with Gasteiger partial charge in [0, 0.05) is 37.1 Å². The average Bonchev–Trinajstić information content (AvgIpc) is 3.07. The number of nitrogens with one attached hydrogen (secondary N) is 1. The van der Waals surface area contributed by atoms with E-state index in [1.165, 1.54) is 0 Å². The smallest absolute Gasteiger partial charge is 0.163 e. The Kier molecular flexibility index (Phi) is 4.75. The molecule has 0 saturated carbocycles. The van der Waals surface area contributed by atoms with E-state index in [9.17, 15) is 0 Å². The molecule has 5 heteroatoms. The number of aromatic nitrogens is 1. The van der Waals surface area contributed by atoms with Crippen LogP contribution in [-0.4, -0.2) is 31.4 Å². The summed E-state index contributed by atoms with van der Waals surface area (Å²) in [6, 6.07) is 9.83. The van der Waals surface area contributed by atoms with Crippen molar-refractivity contribution in [2.75, 3.05) is 25.6 Å². The fourth-order valence-electron chi connectivity index (χ4n) is 2.37. The van der Waals surface area contributed by atoms with Crippen molar-refractivity contribution in [1.29, 1.82) is 0 Å². The van der Waals surface area contributed by atoms with E-state index in [4.69, 9.17) is 14.2 Å². The zero-order chi connectivity index (χ0) is 15.2. The van der Waals surface area contributed by atoms with Gasteiger partial charge in [0.05, 0.1) is 20.3 Å². The van der Waals surface area contributed by atoms with E-state index in [1.807, 2.05) is 36.5 Å². The van der Waals surface area contributed by atoms with Gasteiger partial charge in [-0.25, -0.2) is 0 Å². The van der Waals surface area contributed by atoms with Gasteiger partial charge in [0.2, 0.25) is 0 Å². The summed E-state index contributed by atoms with van der Waals surface area (Å²) in [6.45, 7) is 2.11. The summed E-state index contributed by atoms with van der Waals surface area (Å²) in [4.78, 5) is 4.11. The maximum absolute atomic E-state index is 5.99. The van der Waals surface area contributed by atoms with Crippen LogP contribution in [0.15, 0.2) is 42.7 Å². The third kappa shape index (κ3) is 3.68. The normalized spacial score (nSPS) is 17.2. The van der Waals surface area contributed by atoms with Crippen molar-refractivity contribution in [3.05, 3.63) is 48.3 Å². The molecule has 1 aliphatic heterocycles. The Morgan fingerprint density at radius 1 is 1.32 bits per heavy atom. The van der Waals surface area contributed by atoms with Crippen LogP contribution in [0.5, 0.6) is 11.5 Å². The van der Waals surface area contributed by atoms with Crippen LogP contribution < -0.4 is 14.8 Å². The lowest BCUT2D eigenvalue weighted by Crippen LogP contribution is -2.16. The number of nitrogens with zero attached hydrogens (tertiary/aromatic N) is 1. The number of hydrogen-bond acceptors (Lipinski definition) is 5. The maximum Gasteiger partial charge on any atom is 0.163 e. The quantitative estimate of drug-likeness (QED) is 0.889. The van der Waals surface area contributed by atoms with Crippen molar-refractivity contribution in [2.24, 2.45) is 0 Å². The molecule has 0 bridgehead atoms. The van der Waals surface area contributed by atoms with E-state index in [2.05, 4.69) is 10.3 Å². The molecule has 0 unspecified atom stereocenters. The summed E-state index contributed by atoms with van der Waals surface area (Å²) in [7, 11) is 1.65. The number of anilines is 1. The summed E-state index contributed by atoms with van der Waals surface area (Å²) >= 11 is 0. The summed E-state index contributed by atoms with van der Waals surface area (Å²) in [6.07, 6.45) is 4.63. The topological polar surface area (TPSA) is 52.6 Å². The number of benzene rings is 1. The second kappa shape index (κ2) is 7.13. The second-order valence-electron chi connectivity index (χ2n) is 5.18. The third-order valence-corrected chi connectivity index (χ3v) is 3.56. The minimum atomic E-state index is 0.0995. The van der Waals surface area contributed by atoms with Gasteiger partial charge in [0.15, 0.2) is 11.5 Å². The lowest BCUT2D eigenvalue weighted by molar-refractivity contribution is 0.138. The minimum absolute atomic E-state index is 0.0995. The first-order chi connectivity index (χ1) is 10.8. The molecule has 1 atom stereocenters. The number of pyridine rings is 1. The van der Waals surface area contributed by atoms with Gasteiger partial charge in [-0.3, -0.25) is 4.98 Å². The predicted octanol–water partition coefficient (Wildman–Crippen LogP) is 2.87. The fraction of sp³-hybridized carbons (Fsp3) is 0.353. The predicted molar refractivity (Wildman–Crippen MR) is 84.4 cm³/mol. The van der Waals surface area contributed by atoms with E-state index < -0.39 is 0 Å². The SMILES string of the molecule is COc1ccc(NCc2cccnc2)cc1O[C@@H]1CCOC1. The van der Waals surface area contributed by atoms with Gasteiger partial charge in [-0.05, 0) is 23.8 Å². The van der Waals surface area contributed by atoms with E-state index in [1.54, 1.807) is 13.3 Å². The lowest BCUT2D eigenvalue weighted by Gasteiger charge is -2.16. The molecule has 1 N–H and O–H groups in total. The number of ether oxygens (including phenoxy) is 3. The van der Waals surface area contributed by atoms with E-state index in [0.29, 0.717) is 13.2 Å². The Morgan fingerprint density at radius 3 is 3.00 bits per heavy atom. The Balaban J connectivity index is 1.69. The van der Waals surface area contributed by atoms with E-state index in [0.717, 1.165) is 35.8 Å². The first-order valence-electron chi connectivity index (χ1n) is 7.40. The van der Waals surface area contributed by atoms with Crippen molar-refractivity contribution in [3.63, 3.8) is 0 Å². The maximum atomic E-state index is 5.99. The summed E-state index contributed by atoms with van der Waals surface area (Å²) < 4.78 is 16.7. The van der Waals surface area contributed by atoms with E-state index in [-0.39, 0.29) is 6.10 Å². The Morgan fingerprint density at radius 2 is 2.27 bits per heavy atom. The highest BCUT2D eigenvalue weighted by Crippen LogP contribution is 2.32. The number of methoxy groups -OCH3 is 1. The van der Waals surface area contributed by atoms with Crippen LogP contribution in [0.3, 0.4) is 0 Å².